The standard InChI is InChI=1S/C13H14F4N2O/c1-7(2)19-10-4-3-8(14)5-9(10)18-12(19)6-11(20)13(15,16)17/h3-5,7,11,20H,6H2,1-2H3. The van der Waals surface area contributed by atoms with E-state index in [1.54, 1.807) is 18.4 Å². The minimum atomic E-state index is -4.70. The summed E-state index contributed by atoms with van der Waals surface area (Å²) in [6, 6.07) is 3.71. The highest BCUT2D eigenvalue weighted by molar-refractivity contribution is 5.76. The van der Waals surface area contributed by atoms with E-state index in [2.05, 4.69) is 4.98 Å². The molecule has 2 rings (SSSR count). The van der Waals surface area contributed by atoms with Gasteiger partial charge in [-0.25, -0.2) is 9.37 Å². The molecule has 1 aromatic heterocycles. The zero-order valence-corrected chi connectivity index (χ0v) is 10.9. The van der Waals surface area contributed by atoms with Gasteiger partial charge in [-0.3, -0.25) is 0 Å². The Hall–Kier alpha value is -1.63. The molecular formula is C13H14F4N2O. The molecule has 0 radical (unpaired) electrons. The molecule has 0 aliphatic rings. The van der Waals surface area contributed by atoms with Gasteiger partial charge in [0.05, 0.1) is 11.0 Å². The summed E-state index contributed by atoms with van der Waals surface area (Å²) in [7, 11) is 0. The summed E-state index contributed by atoms with van der Waals surface area (Å²) in [5.41, 5.74) is 0.828. The number of alkyl halides is 3. The summed E-state index contributed by atoms with van der Waals surface area (Å²) in [6.45, 7) is 3.57. The summed E-state index contributed by atoms with van der Waals surface area (Å²) in [5, 5.41) is 9.17. The number of aromatic nitrogens is 2. The van der Waals surface area contributed by atoms with Crippen molar-refractivity contribution in [3.8, 4) is 0 Å². The fourth-order valence-electron chi connectivity index (χ4n) is 2.13. The van der Waals surface area contributed by atoms with E-state index in [1.165, 1.54) is 12.1 Å². The highest BCUT2D eigenvalue weighted by Gasteiger charge is 2.39. The number of aliphatic hydroxyl groups excluding tert-OH is 1. The first-order valence-electron chi connectivity index (χ1n) is 6.11. The average Bonchev–Trinajstić information content (AvgIpc) is 2.64. The Labute approximate surface area is 112 Å². The van der Waals surface area contributed by atoms with Crippen molar-refractivity contribution in [2.24, 2.45) is 0 Å². The number of nitrogens with zero attached hydrogens (tertiary/aromatic N) is 2. The van der Waals surface area contributed by atoms with E-state index >= 15 is 0 Å². The van der Waals surface area contributed by atoms with Gasteiger partial charge in [0.15, 0.2) is 6.10 Å². The molecule has 0 saturated heterocycles. The average molecular weight is 290 g/mol. The van der Waals surface area contributed by atoms with E-state index in [4.69, 9.17) is 0 Å². The van der Waals surface area contributed by atoms with Gasteiger partial charge in [-0.1, -0.05) is 0 Å². The number of aliphatic hydroxyl groups is 1. The molecule has 7 heteroatoms. The molecule has 3 nitrogen and oxygen atoms in total. The minimum Gasteiger partial charge on any atom is -0.383 e. The van der Waals surface area contributed by atoms with Gasteiger partial charge in [0.2, 0.25) is 0 Å². The lowest BCUT2D eigenvalue weighted by Crippen LogP contribution is -2.31. The number of imidazole rings is 1. The van der Waals surface area contributed by atoms with Crippen LogP contribution in [0.1, 0.15) is 25.7 Å². The Morgan fingerprint density at radius 1 is 1.30 bits per heavy atom. The lowest BCUT2D eigenvalue weighted by atomic mass is 10.2. The van der Waals surface area contributed by atoms with Gasteiger partial charge in [0, 0.05) is 18.5 Å². The Morgan fingerprint density at radius 3 is 2.50 bits per heavy atom. The Bertz CT molecular complexity index is 619. The van der Waals surface area contributed by atoms with Crippen molar-refractivity contribution < 1.29 is 22.7 Å². The first kappa shape index (κ1) is 14.8. The second-order valence-electron chi connectivity index (χ2n) is 4.89. The number of hydrogen-bond acceptors (Lipinski definition) is 2. The highest BCUT2D eigenvalue weighted by Crippen LogP contribution is 2.27. The molecule has 1 aromatic carbocycles. The molecule has 2 aromatic rings. The van der Waals surface area contributed by atoms with E-state index in [9.17, 15) is 22.7 Å². The Kier molecular flexibility index (Phi) is 3.73. The molecule has 110 valence electrons. The van der Waals surface area contributed by atoms with Gasteiger partial charge in [-0.15, -0.1) is 0 Å². The van der Waals surface area contributed by atoms with Gasteiger partial charge in [-0.2, -0.15) is 13.2 Å². The number of benzene rings is 1. The molecule has 1 atom stereocenters. The van der Waals surface area contributed by atoms with E-state index in [0.29, 0.717) is 5.52 Å². The molecular weight excluding hydrogens is 276 g/mol. The largest absolute Gasteiger partial charge is 0.414 e. The SMILES string of the molecule is CC(C)n1c(CC(O)C(F)(F)F)nc2cc(F)ccc21. The van der Waals surface area contributed by atoms with Gasteiger partial charge in [-0.05, 0) is 26.0 Å². The quantitative estimate of drug-likeness (QED) is 0.881. The van der Waals surface area contributed by atoms with Crippen molar-refractivity contribution in [1.82, 2.24) is 9.55 Å². The van der Waals surface area contributed by atoms with E-state index in [1.807, 2.05) is 0 Å². The number of fused-ring (bicyclic) bond motifs is 1. The van der Waals surface area contributed by atoms with Gasteiger partial charge < -0.3 is 9.67 Å². The van der Waals surface area contributed by atoms with Crippen LogP contribution in [0, 0.1) is 5.82 Å². The van der Waals surface area contributed by atoms with Crippen molar-refractivity contribution in [3.05, 3.63) is 29.8 Å². The van der Waals surface area contributed by atoms with Crippen LogP contribution in [0.25, 0.3) is 11.0 Å². The normalized spacial score (nSPS) is 14.2. The van der Waals surface area contributed by atoms with Crippen molar-refractivity contribution >= 4 is 11.0 Å². The predicted octanol–water partition coefficient (Wildman–Crippen LogP) is 3.22. The summed E-state index contributed by atoms with van der Waals surface area (Å²) in [5.74, 6) is -0.417. The van der Waals surface area contributed by atoms with Crippen molar-refractivity contribution in [3.63, 3.8) is 0 Å². The molecule has 20 heavy (non-hydrogen) atoms. The zero-order chi connectivity index (χ0) is 15.1. The summed E-state index contributed by atoms with van der Waals surface area (Å²) in [4.78, 5) is 4.01. The molecule has 0 saturated carbocycles. The van der Waals surface area contributed by atoms with Crippen molar-refractivity contribution in [2.45, 2.75) is 38.6 Å². The summed E-state index contributed by atoms with van der Waals surface area (Å²) >= 11 is 0. The maximum atomic E-state index is 13.2. The van der Waals surface area contributed by atoms with Crippen LogP contribution in [0.4, 0.5) is 17.6 Å². The molecule has 1 heterocycles. The molecule has 0 amide bonds. The third-order valence-electron chi connectivity index (χ3n) is 2.99. The smallest absolute Gasteiger partial charge is 0.383 e. The molecule has 1 N–H and O–H groups in total. The number of rotatable bonds is 3. The van der Waals surface area contributed by atoms with E-state index < -0.39 is 24.5 Å². The van der Waals surface area contributed by atoms with E-state index in [0.717, 1.165) is 6.07 Å². The van der Waals surface area contributed by atoms with Crippen LogP contribution in [0.5, 0.6) is 0 Å². The molecule has 0 aliphatic heterocycles. The maximum Gasteiger partial charge on any atom is 0.414 e. The van der Waals surface area contributed by atoms with Crippen molar-refractivity contribution in [2.75, 3.05) is 0 Å². The van der Waals surface area contributed by atoms with Crippen LogP contribution in [-0.4, -0.2) is 26.9 Å². The first-order valence-corrected chi connectivity index (χ1v) is 6.11. The second kappa shape index (κ2) is 5.05. The molecule has 0 fully saturated rings. The number of halogens is 4. The zero-order valence-electron chi connectivity index (χ0n) is 10.9. The van der Waals surface area contributed by atoms with Gasteiger partial charge in [0.1, 0.15) is 11.6 Å². The first-order chi connectivity index (χ1) is 9.20. The lowest BCUT2D eigenvalue weighted by Gasteiger charge is -2.17. The van der Waals surface area contributed by atoms with E-state index in [-0.39, 0.29) is 17.4 Å². The van der Waals surface area contributed by atoms with Crippen LogP contribution < -0.4 is 0 Å². The molecule has 0 spiro atoms. The van der Waals surface area contributed by atoms with Crippen molar-refractivity contribution in [1.29, 1.82) is 0 Å². The second-order valence-corrected chi connectivity index (χ2v) is 4.89. The fourth-order valence-corrected chi connectivity index (χ4v) is 2.13. The molecule has 0 bridgehead atoms. The summed E-state index contributed by atoms with van der Waals surface area (Å²) in [6.07, 6.45) is -7.84. The third kappa shape index (κ3) is 2.77. The third-order valence-corrected chi connectivity index (χ3v) is 2.99. The van der Waals surface area contributed by atoms with Crippen LogP contribution in [0.3, 0.4) is 0 Å². The molecule has 0 aliphatic carbocycles. The minimum absolute atomic E-state index is 0.0884. The lowest BCUT2D eigenvalue weighted by molar-refractivity contribution is -0.203. The Morgan fingerprint density at radius 2 is 1.95 bits per heavy atom. The number of hydrogen-bond donors (Lipinski definition) is 1. The van der Waals surface area contributed by atoms with Crippen LogP contribution >= 0.6 is 0 Å². The van der Waals surface area contributed by atoms with Gasteiger partial charge >= 0.3 is 6.18 Å². The fraction of sp³-hybridized carbons (Fsp3) is 0.462. The predicted molar refractivity (Wildman–Crippen MR) is 65.8 cm³/mol. The summed E-state index contributed by atoms with van der Waals surface area (Å²) < 4.78 is 52.0. The molecule has 1 unspecified atom stereocenters. The maximum absolute atomic E-state index is 13.2. The van der Waals surface area contributed by atoms with Crippen LogP contribution in [0.2, 0.25) is 0 Å². The monoisotopic (exact) mass is 290 g/mol. The Balaban J connectivity index is 2.49. The highest BCUT2D eigenvalue weighted by atomic mass is 19.4. The topological polar surface area (TPSA) is 38.0 Å². The van der Waals surface area contributed by atoms with Gasteiger partial charge in [0.25, 0.3) is 0 Å². The van der Waals surface area contributed by atoms with Crippen LogP contribution in [0.15, 0.2) is 18.2 Å². The van der Waals surface area contributed by atoms with Crippen LogP contribution in [-0.2, 0) is 6.42 Å².